The largest absolute Gasteiger partial charge is 0.298 e. The van der Waals surface area contributed by atoms with Crippen molar-refractivity contribution in [2.45, 2.75) is 33.2 Å². The predicted octanol–water partition coefficient (Wildman–Crippen LogP) is 2.21. The second kappa shape index (κ2) is 4.72. The molecule has 2 aromatic rings. The zero-order valence-electron chi connectivity index (χ0n) is 11.7. The predicted molar refractivity (Wildman–Crippen MR) is 78.8 cm³/mol. The Balaban J connectivity index is 2.10. The molecule has 0 aliphatic carbocycles. The van der Waals surface area contributed by atoms with E-state index in [0.717, 1.165) is 41.2 Å². The Labute approximate surface area is 116 Å². The summed E-state index contributed by atoms with van der Waals surface area (Å²) in [7, 11) is 1.84. The van der Waals surface area contributed by atoms with Crippen LogP contribution in [0.15, 0.2) is 4.79 Å². The first kappa shape index (κ1) is 12.8. The van der Waals surface area contributed by atoms with Crippen LogP contribution in [0.2, 0.25) is 0 Å². The molecule has 1 aliphatic rings. The summed E-state index contributed by atoms with van der Waals surface area (Å²) in [4.78, 5) is 21.7. The van der Waals surface area contributed by atoms with Crippen LogP contribution in [0.4, 0.5) is 0 Å². The molecule has 1 fully saturated rings. The number of thiophene rings is 1. The molecule has 1 saturated heterocycles. The summed E-state index contributed by atoms with van der Waals surface area (Å²) in [6.07, 6.45) is 2.51. The lowest BCUT2D eigenvalue weighted by Gasteiger charge is -2.16. The molecular weight excluding hydrogens is 258 g/mol. The van der Waals surface area contributed by atoms with Gasteiger partial charge in [-0.05, 0) is 45.3 Å². The van der Waals surface area contributed by atoms with Gasteiger partial charge in [0, 0.05) is 11.9 Å². The monoisotopic (exact) mass is 277 g/mol. The van der Waals surface area contributed by atoms with Crippen molar-refractivity contribution in [3.63, 3.8) is 0 Å². The van der Waals surface area contributed by atoms with Crippen LogP contribution in [0.1, 0.15) is 29.1 Å². The highest BCUT2D eigenvalue weighted by Crippen LogP contribution is 2.26. The van der Waals surface area contributed by atoms with Crippen molar-refractivity contribution < 1.29 is 0 Å². The van der Waals surface area contributed by atoms with Crippen molar-refractivity contribution in [2.75, 3.05) is 13.1 Å². The van der Waals surface area contributed by atoms with E-state index in [1.807, 2.05) is 14.0 Å². The minimum Gasteiger partial charge on any atom is -0.298 e. The Bertz CT molecular complexity index is 680. The van der Waals surface area contributed by atoms with Gasteiger partial charge in [-0.1, -0.05) is 0 Å². The summed E-state index contributed by atoms with van der Waals surface area (Å²) in [5.74, 6) is 0.889. The molecule has 3 rings (SSSR count). The maximum absolute atomic E-state index is 12.5. The van der Waals surface area contributed by atoms with Crippen molar-refractivity contribution in [3.8, 4) is 0 Å². The highest BCUT2D eigenvalue weighted by Gasteiger charge is 2.18. The molecule has 2 aromatic heterocycles. The van der Waals surface area contributed by atoms with Crippen LogP contribution in [0.3, 0.4) is 0 Å². The molecule has 0 amide bonds. The van der Waals surface area contributed by atoms with Crippen molar-refractivity contribution >= 4 is 21.6 Å². The molecule has 0 aromatic carbocycles. The number of aryl methyl sites for hydroxylation is 2. The van der Waals surface area contributed by atoms with E-state index in [2.05, 4.69) is 11.8 Å². The lowest BCUT2D eigenvalue weighted by molar-refractivity contribution is 0.317. The Morgan fingerprint density at radius 1 is 1.26 bits per heavy atom. The average molecular weight is 277 g/mol. The molecule has 0 atom stereocenters. The molecule has 0 unspecified atom stereocenters. The van der Waals surface area contributed by atoms with E-state index in [0.29, 0.717) is 0 Å². The highest BCUT2D eigenvalue weighted by molar-refractivity contribution is 7.18. The van der Waals surface area contributed by atoms with Gasteiger partial charge in [0.05, 0.1) is 11.9 Å². The van der Waals surface area contributed by atoms with E-state index in [1.165, 1.54) is 17.7 Å². The summed E-state index contributed by atoms with van der Waals surface area (Å²) >= 11 is 1.63. The molecule has 3 heterocycles. The lowest BCUT2D eigenvalue weighted by atomic mass is 10.2. The third kappa shape index (κ3) is 2.11. The maximum Gasteiger partial charge on any atom is 0.262 e. The number of hydrogen-bond acceptors (Lipinski definition) is 4. The van der Waals surface area contributed by atoms with E-state index < -0.39 is 0 Å². The minimum atomic E-state index is 0.0982. The van der Waals surface area contributed by atoms with Crippen LogP contribution in [0.25, 0.3) is 10.2 Å². The molecule has 4 nitrogen and oxygen atoms in total. The third-order valence-corrected chi connectivity index (χ3v) is 5.17. The molecule has 0 N–H and O–H groups in total. The van der Waals surface area contributed by atoms with Crippen molar-refractivity contribution in [1.29, 1.82) is 0 Å². The fourth-order valence-electron chi connectivity index (χ4n) is 2.70. The third-order valence-electron chi connectivity index (χ3n) is 4.07. The first-order valence-corrected chi connectivity index (χ1v) is 7.57. The molecule has 102 valence electrons. The van der Waals surface area contributed by atoms with Crippen molar-refractivity contribution in [3.05, 3.63) is 26.6 Å². The van der Waals surface area contributed by atoms with Gasteiger partial charge >= 0.3 is 0 Å². The minimum absolute atomic E-state index is 0.0982. The topological polar surface area (TPSA) is 38.1 Å². The molecule has 0 saturated carbocycles. The van der Waals surface area contributed by atoms with Crippen LogP contribution in [-0.4, -0.2) is 27.5 Å². The fourth-order valence-corrected chi connectivity index (χ4v) is 3.74. The van der Waals surface area contributed by atoms with E-state index in [-0.39, 0.29) is 5.56 Å². The van der Waals surface area contributed by atoms with Gasteiger partial charge in [0.25, 0.3) is 5.56 Å². The summed E-state index contributed by atoms with van der Waals surface area (Å²) in [6, 6.07) is 0. The smallest absolute Gasteiger partial charge is 0.262 e. The number of likely N-dealkylation sites (tertiary alicyclic amines) is 1. The lowest BCUT2D eigenvalue weighted by Crippen LogP contribution is -2.27. The number of hydrogen-bond donors (Lipinski definition) is 0. The zero-order valence-corrected chi connectivity index (χ0v) is 12.5. The summed E-state index contributed by atoms with van der Waals surface area (Å²) in [5.41, 5.74) is 1.18. The number of fused-ring (bicyclic) bond motifs is 1. The van der Waals surface area contributed by atoms with Gasteiger partial charge < -0.3 is 0 Å². The summed E-state index contributed by atoms with van der Waals surface area (Å²) in [5, 5.41) is 0.801. The maximum atomic E-state index is 12.5. The molecule has 0 bridgehead atoms. The van der Waals surface area contributed by atoms with Crippen LogP contribution in [0, 0.1) is 13.8 Å². The summed E-state index contributed by atoms with van der Waals surface area (Å²) < 4.78 is 1.72. The van der Waals surface area contributed by atoms with Crippen molar-refractivity contribution in [1.82, 2.24) is 14.5 Å². The van der Waals surface area contributed by atoms with Gasteiger partial charge in [-0.15, -0.1) is 11.3 Å². The van der Waals surface area contributed by atoms with Gasteiger partial charge in [0.1, 0.15) is 10.7 Å². The molecular formula is C14H19N3OS. The molecule has 19 heavy (non-hydrogen) atoms. The molecule has 5 heteroatoms. The van der Waals surface area contributed by atoms with E-state index >= 15 is 0 Å². The standard InChI is InChI=1S/C14H19N3OS/c1-9-10(2)19-13-12(9)14(18)16(3)11(15-13)8-17-6-4-5-7-17/h4-8H2,1-3H3. The van der Waals surface area contributed by atoms with Gasteiger partial charge in [0.2, 0.25) is 0 Å². The summed E-state index contributed by atoms with van der Waals surface area (Å²) in [6.45, 7) is 7.10. The molecule has 1 aliphatic heterocycles. The Kier molecular flexibility index (Phi) is 3.19. The number of rotatable bonds is 2. The first-order chi connectivity index (χ1) is 9.08. The average Bonchev–Trinajstić information content (AvgIpc) is 2.96. The quantitative estimate of drug-likeness (QED) is 0.844. The van der Waals surface area contributed by atoms with E-state index in [9.17, 15) is 4.79 Å². The number of nitrogens with zero attached hydrogens (tertiary/aromatic N) is 3. The van der Waals surface area contributed by atoms with Gasteiger partial charge in [-0.25, -0.2) is 4.98 Å². The zero-order chi connectivity index (χ0) is 13.6. The normalized spacial score (nSPS) is 16.6. The van der Waals surface area contributed by atoms with Gasteiger partial charge in [-0.3, -0.25) is 14.3 Å². The fraction of sp³-hybridized carbons (Fsp3) is 0.571. The van der Waals surface area contributed by atoms with Crippen LogP contribution in [0.5, 0.6) is 0 Å². The van der Waals surface area contributed by atoms with Crippen LogP contribution >= 0.6 is 11.3 Å². The van der Waals surface area contributed by atoms with Crippen LogP contribution < -0.4 is 5.56 Å². The van der Waals surface area contributed by atoms with Gasteiger partial charge in [0.15, 0.2) is 0 Å². The highest BCUT2D eigenvalue weighted by atomic mass is 32.1. The van der Waals surface area contributed by atoms with Crippen molar-refractivity contribution in [2.24, 2.45) is 7.05 Å². The van der Waals surface area contributed by atoms with E-state index in [1.54, 1.807) is 15.9 Å². The number of aromatic nitrogens is 2. The first-order valence-electron chi connectivity index (χ1n) is 6.76. The Morgan fingerprint density at radius 2 is 1.95 bits per heavy atom. The molecule has 0 radical (unpaired) electrons. The SMILES string of the molecule is Cc1sc2nc(CN3CCCC3)n(C)c(=O)c2c1C. The molecule has 0 spiro atoms. The second-order valence-corrected chi connectivity index (χ2v) is 6.54. The second-order valence-electron chi connectivity index (χ2n) is 5.34. The Morgan fingerprint density at radius 3 is 2.63 bits per heavy atom. The van der Waals surface area contributed by atoms with E-state index in [4.69, 9.17) is 4.98 Å². The Hall–Kier alpha value is -1.20. The van der Waals surface area contributed by atoms with Gasteiger partial charge in [-0.2, -0.15) is 0 Å². The van der Waals surface area contributed by atoms with Crippen LogP contribution in [-0.2, 0) is 13.6 Å².